The monoisotopic (exact) mass is 240 g/mol. The highest BCUT2D eigenvalue weighted by molar-refractivity contribution is 6.29. The molecule has 0 atom stereocenters. The molecule has 2 rings (SSSR count). The van der Waals surface area contributed by atoms with Crippen molar-refractivity contribution in [2.75, 3.05) is 6.61 Å². The van der Waals surface area contributed by atoms with Crippen LogP contribution in [0, 0.1) is 5.92 Å². The van der Waals surface area contributed by atoms with Gasteiger partial charge in [-0.05, 0) is 18.8 Å². The summed E-state index contributed by atoms with van der Waals surface area (Å²) in [7, 11) is 0. The van der Waals surface area contributed by atoms with Gasteiger partial charge in [0.25, 0.3) is 0 Å². The maximum Gasteiger partial charge on any atom is 0.358 e. The van der Waals surface area contributed by atoms with Crippen LogP contribution in [0.3, 0.4) is 0 Å². The van der Waals surface area contributed by atoms with Crippen molar-refractivity contribution >= 4 is 17.6 Å². The predicted molar refractivity (Wildman–Crippen MR) is 59.3 cm³/mol. The summed E-state index contributed by atoms with van der Waals surface area (Å²) in [5.74, 6) is 0.0676. The molecule has 0 saturated heterocycles. The summed E-state index contributed by atoms with van der Waals surface area (Å²) in [5, 5.41) is 0.204. The fraction of sp³-hybridized carbons (Fsp3) is 0.545. The Bertz CT molecular complexity index is 378. The summed E-state index contributed by atoms with van der Waals surface area (Å²) in [6.45, 7) is 0.479. The molecule has 1 fully saturated rings. The second-order valence-electron chi connectivity index (χ2n) is 3.98. The summed E-state index contributed by atoms with van der Waals surface area (Å²) in [6, 6.07) is 0. The number of carbonyl (C=O) groups excluding carboxylic acids is 1. The van der Waals surface area contributed by atoms with Crippen LogP contribution in [-0.4, -0.2) is 22.5 Å². The van der Waals surface area contributed by atoms with Crippen LogP contribution in [0.4, 0.5) is 0 Å². The SMILES string of the molecule is O=C(OCC1CCCC1)c1cncc(Cl)n1. The van der Waals surface area contributed by atoms with Crippen molar-refractivity contribution in [3.05, 3.63) is 23.2 Å². The highest BCUT2D eigenvalue weighted by Crippen LogP contribution is 2.24. The van der Waals surface area contributed by atoms with Gasteiger partial charge in [-0.25, -0.2) is 9.78 Å². The average molecular weight is 241 g/mol. The molecule has 86 valence electrons. The van der Waals surface area contributed by atoms with Crippen molar-refractivity contribution in [3.8, 4) is 0 Å². The molecule has 0 N–H and O–H groups in total. The van der Waals surface area contributed by atoms with Crippen molar-refractivity contribution in [2.45, 2.75) is 25.7 Å². The first-order valence-corrected chi connectivity index (χ1v) is 5.78. The number of hydrogen-bond acceptors (Lipinski definition) is 4. The Kier molecular flexibility index (Phi) is 3.72. The summed E-state index contributed by atoms with van der Waals surface area (Å²) < 4.78 is 5.17. The van der Waals surface area contributed by atoms with Crippen molar-refractivity contribution in [2.24, 2.45) is 5.92 Å². The van der Waals surface area contributed by atoms with Gasteiger partial charge in [-0.3, -0.25) is 4.98 Å². The number of rotatable bonds is 3. The quantitative estimate of drug-likeness (QED) is 0.762. The van der Waals surface area contributed by atoms with Gasteiger partial charge in [0.05, 0.1) is 19.0 Å². The van der Waals surface area contributed by atoms with Crippen LogP contribution in [0.25, 0.3) is 0 Å². The van der Waals surface area contributed by atoms with E-state index in [1.54, 1.807) is 0 Å². The van der Waals surface area contributed by atoms with Gasteiger partial charge in [-0.2, -0.15) is 0 Å². The van der Waals surface area contributed by atoms with Crippen LogP contribution in [-0.2, 0) is 4.74 Å². The van der Waals surface area contributed by atoms with Crippen molar-refractivity contribution < 1.29 is 9.53 Å². The zero-order valence-corrected chi connectivity index (χ0v) is 9.61. The molecule has 1 aliphatic rings. The number of ether oxygens (including phenoxy) is 1. The number of carbonyl (C=O) groups is 1. The number of aromatic nitrogens is 2. The molecular weight excluding hydrogens is 228 g/mol. The molecule has 1 aromatic heterocycles. The zero-order valence-electron chi connectivity index (χ0n) is 8.86. The standard InChI is InChI=1S/C11H13ClN2O2/c12-10-6-13-5-9(14-10)11(15)16-7-8-3-1-2-4-8/h5-6,8H,1-4,7H2. The summed E-state index contributed by atoms with van der Waals surface area (Å²) in [6.07, 6.45) is 7.51. The minimum atomic E-state index is -0.443. The Morgan fingerprint density at radius 3 is 2.88 bits per heavy atom. The molecule has 1 heterocycles. The minimum Gasteiger partial charge on any atom is -0.461 e. The third-order valence-electron chi connectivity index (χ3n) is 2.74. The number of hydrogen-bond donors (Lipinski definition) is 0. The lowest BCUT2D eigenvalue weighted by Crippen LogP contribution is -2.13. The molecule has 5 heteroatoms. The van der Waals surface area contributed by atoms with Gasteiger partial charge in [0.15, 0.2) is 5.69 Å². The molecule has 1 saturated carbocycles. The van der Waals surface area contributed by atoms with Crippen LogP contribution >= 0.6 is 11.6 Å². The number of esters is 1. The third kappa shape index (κ3) is 2.92. The van der Waals surface area contributed by atoms with Crippen LogP contribution in [0.5, 0.6) is 0 Å². The largest absolute Gasteiger partial charge is 0.461 e. The van der Waals surface area contributed by atoms with E-state index in [1.807, 2.05) is 0 Å². The van der Waals surface area contributed by atoms with E-state index in [0.29, 0.717) is 12.5 Å². The van der Waals surface area contributed by atoms with E-state index in [-0.39, 0.29) is 10.8 Å². The first-order chi connectivity index (χ1) is 7.75. The molecule has 0 aliphatic heterocycles. The topological polar surface area (TPSA) is 52.1 Å². The van der Waals surface area contributed by atoms with Gasteiger partial charge < -0.3 is 4.74 Å². The van der Waals surface area contributed by atoms with Gasteiger partial charge in [-0.1, -0.05) is 24.4 Å². The van der Waals surface area contributed by atoms with E-state index in [0.717, 1.165) is 12.8 Å². The molecule has 1 aromatic rings. The van der Waals surface area contributed by atoms with Crippen LogP contribution < -0.4 is 0 Å². The van der Waals surface area contributed by atoms with E-state index >= 15 is 0 Å². The van der Waals surface area contributed by atoms with E-state index in [9.17, 15) is 4.79 Å². The maximum atomic E-state index is 11.6. The Labute approximate surface area is 99.0 Å². The van der Waals surface area contributed by atoms with Gasteiger partial charge in [0, 0.05) is 0 Å². The van der Waals surface area contributed by atoms with Gasteiger partial charge in [0.1, 0.15) is 5.15 Å². The molecule has 0 unspecified atom stereocenters. The van der Waals surface area contributed by atoms with Gasteiger partial charge in [0.2, 0.25) is 0 Å². The predicted octanol–water partition coefficient (Wildman–Crippen LogP) is 2.48. The fourth-order valence-corrected chi connectivity index (χ4v) is 2.03. The van der Waals surface area contributed by atoms with Crippen LogP contribution in [0.1, 0.15) is 36.2 Å². The second kappa shape index (κ2) is 5.25. The van der Waals surface area contributed by atoms with Crippen molar-refractivity contribution in [1.29, 1.82) is 0 Å². The third-order valence-corrected chi connectivity index (χ3v) is 2.92. The molecule has 0 bridgehead atoms. The maximum absolute atomic E-state index is 11.6. The van der Waals surface area contributed by atoms with Crippen molar-refractivity contribution in [3.63, 3.8) is 0 Å². The number of halogens is 1. The molecule has 0 amide bonds. The molecule has 16 heavy (non-hydrogen) atoms. The molecule has 0 radical (unpaired) electrons. The fourth-order valence-electron chi connectivity index (χ4n) is 1.89. The Balaban J connectivity index is 1.87. The minimum absolute atomic E-state index is 0.172. The summed E-state index contributed by atoms with van der Waals surface area (Å²) in [4.78, 5) is 19.2. The van der Waals surface area contributed by atoms with E-state index in [4.69, 9.17) is 16.3 Å². The lowest BCUT2D eigenvalue weighted by atomic mass is 10.1. The van der Waals surface area contributed by atoms with E-state index < -0.39 is 5.97 Å². The highest BCUT2D eigenvalue weighted by Gasteiger charge is 2.18. The number of nitrogens with zero attached hydrogens (tertiary/aromatic N) is 2. The Hall–Kier alpha value is -1.16. The van der Waals surface area contributed by atoms with E-state index in [2.05, 4.69) is 9.97 Å². The van der Waals surface area contributed by atoms with Crippen LogP contribution in [0.15, 0.2) is 12.4 Å². The molecule has 0 spiro atoms. The second-order valence-corrected chi connectivity index (χ2v) is 4.36. The Morgan fingerprint density at radius 2 is 2.19 bits per heavy atom. The molecular formula is C11H13ClN2O2. The first kappa shape index (κ1) is 11.3. The molecule has 1 aliphatic carbocycles. The molecule has 0 aromatic carbocycles. The lowest BCUT2D eigenvalue weighted by molar-refractivity contribution is 0.0435. The average Bonchev–Trinajstić information content (AvgIpc) is 2.78. The highest BCUT2D eigenvalue weighted by atomic mass is 35.5. The lowest BCUT2D eigenvalue weighted by Gasteiger charge is -2.09. The van der Waals surface area contributed by atoms with Crippen LogP contribution in [0.2, 0.25) is 5.15 Å². The normalized spacial score (nSPS) is 16.3. The zero-order chi connectivity index (χ0) is 11.4. The Morgan fingerprint density at radius 1 is 1.44 bits per heavy atom. The summed E-state index contributed by atoms with van der Waals surface area (Å²) >= 11 is 5.63. The van der Waals surface area contributed by atoms with Gasteiger partial charge >= 0.3 is 5.97 Å². The van der Waals surface area contributed by atoms with E-state index in [1.165, 1.54) is 25.2 Å². The van der Waals surface area contributed by atoms with Gasteiger partial charge in [-0.15, -0.1) is 0 Å². The first-order valence-electron chi connectivity index (χ1n) is 5.40. The summed E-state index contributed by atoms with van der Waals surface area (Å²) in [5.41, 5.74) is 0.172. The van der Waals surface area contributed by atoms with Crippen molar-refractivity contribution in [1.82, 2.24) is 9.97 Å². The molecule has 4 nitrogen and oxygen atoms in total. The smallest absolute Gasteiger partial charge is 0.358 e.